The quantitative estimate of drug-likeness (QED) is 0.643. The van der Waals surface area contributed by atoms with E-state index in [9.17, 15) is 4.79 Å². The van der Waals surface area contributed by atoms with Gasteiger partial charge in [0, 0.05) is 31.6 Å². The van der Waals surface area contributed by atoms with Crippen molar-refractivity contribution in [2.45, 2.75) is 31.6 Å². The third-order valence-electron chi connectivity index (χ3n) is 5.55. The number of hydrogen-bond donors (Lipinski definition) is 0. The van der Waals surface area contributed by atoms with Crippen LogP contribution in [0.4, 0.5) is 0 Å². The summed E-state index contributed by atoms with van der Waals surface area (Å²) in [6, 6.07) is 11.7. The van der Waals surface area contributed by atoms with E-state index in [0.29, 0.717) is 30.9 Å². The van der Waals surface area contributed by atoms with E-state index in [-0.39, 0.29) is 11.8 Å². The number of aromatic nitrogens is 3. The predicted molar refractivity (Wildman–Crippen MR) is 109 cm³/mol. The van der Waals surface area contributed by atoms with Crippen LogP contribution in [0, 0.1) is 0 Å². The Labute approximate surface area is 170 Å². The highest BCUT2D eigenvalue weighted by atomic mass is 16.5. The summed E-state index contributed by atoms with van der Waals surface area (Å²) in [5, 5.41) is 8.65. The fourth-order valence-corrected chi connectivity index (χ4v) is 4.00. The standard InChI is InChI=1S/C22H26N4O3/c1-28-18-10-8-16(14-19(18)29-2)9-11-21(27)25-12-5-6-17(15-25)22-24-23-20-7-3-4-13-26(20)22/h3-4,7-8,10,13-14,17H,5-6,9,11-12,15H2,1-2H3/t17-/m1/s1. The van der Waals surface area contributed by atoms with E-state index in [0.717, 1.165) is 36.4 Å². The lowest BCUT2D eigenvalue weighted by Crippen LogP contribution is -2.39. The number of carbonyl (C=O) groups is 1. The molecule has 1 amide bonds. The molecule has 1 aliphatic heterocycles. The van der Waals surface area contributed by atoms with Crippen LogP contribution in [0.1, 0.15) is 36.6 Å². The zero-order valence-electron chi connectivity index (χ0n) is 16.9. The van der Waals surface area contributed by atoms with E-state index < -0.39 is 0 Å². The number of methoxy groups -OCH3 is 2. The second-order valence-corrected chi connectivity index (χ2v) is 7.36. The molecule has 1 atom stereocenters. The minimum absolute atomic E-state index is 0.179. The second-order valence-electron chi connectivity index (χ2n) is 7.36. The van der Waals surface area contributed by atoms with E-state index in [2.05, 4.69) is 10.2 Å². The highest BCUT2D eigenvalue weighted by molar-refractivity contribution is 5.76. The van der Waals surface area contributed by atoms with Gasteiger partial charge >= 0.3 is 0 Å². The van der Waals surface area contributed by atoms with Crippen molar-refractivity contribution in [2.75, 3.05) is 27.3 Å². The van der Waals surface area contributed by atoms with Crippen molar-refractivity contribution in [3.05, 3.63) is 54.0 Å². The molecule has 4 rings (SSSR count). The lowest BCUT2D eigenvalue weighted by molar-refractivity contribution is -0.132. The summed E-state index contributed by atoms with van der Waals surface area (Å²) < 4.78 is 12.7. The summed E-state index contributed by atoms with van der Waals surface area (Å²) >= 11 is 0. The predicted octanol–water partition coefficient (Wildman–Crippen LogP) is 3.09. The zero-order chi connectivity index (χ0) is 20.2. The van der Waals surface area contributed by atoms with Crippen LogP contribution in [0.2, 0.25) is 0 Å². The Morgan fingerprint density at radius 3 is 2.83 bits per heavy atom. The Kier molecular flexibility index (Phi) is 5.64. The molecule has 1 aromatic carbocycles. The van der Waals surface area contributed by atoms with Gasteiger partial charge in [0.15, 0.2) is 17.1 Å². The summed E-state index contributed by atoms with van der Waals surface area (Å²) in [7, 11) is 3.24. The monoisotopic (exact) mass is 394 g/mol. The molecule has 3 heterocycles. The molecule has 2 aromatic heterocycles. The number of aryl methyl sites for hydroxylation is 1. The highest BCUT2D eigenvalue weighted by Gasteiger charge is 2.27. The van der Waals surface area contributed by atoms with Gasteiger partial charge in [0.1, 0.15) is 5.82 Å². The molecule has 7 heteroatoms. The average molecular weight is 394 g/mol. The summed E-state index contributed by atoms with van der Waals surface area (Å²) in [4.78, 5) is 14.8. The largest absolute Gasteiger partial charge is 0.493 e. The SMILES string of the molecule is COc1ccc(CCC(=O)N2CCC[C@@H](c3nnc4ccccn34)C2)cc1OC. The third-order valence-corrected chi connectivity index (χ3v) is 5.55. The van der Waals surface area contributed by atoms with Crippen molar-refractivity contribution in [3.63, 3.8) is 0 Å². The molecule has 1 fully saturated rings. The van der Waals surface area contributed by atoms with Crippen LogP contribution in [-0.2, 0) is 11.2 Å². The molecule has 152 valence electrons. The normalized spacial score (nSPS) is 16.8. The maximum Gasteiger partial charge on any atom is 0.222 e. The van der Waals surface area contributed by atoms with Crippen molar-refractivity contribution >= 4 is 11.6 Å². The van der Waals surface area contributed by atoms with Gasteiger partial charge in [-0.15, -0.1) is 10.2 Å². The van der Waals surface area contributed by atoms with Crippen LogP contribution in [0.5, 0.6) is 11.5 Å². The van der Waals surface area contributed by atoms with Crippen molar-refractivity contribution in [2.24, 2.45) is 0 Å². The number of pyridine rings is 1. The first-order chi connectivity index (χ1) is 14.2. The fourth-order valence-electron chi connectivity index (χ4n) is 4.00. The van der Waals surface area contributed by atoms with Crippen molar-refractivity contribution in [1.29, 1.82) is 0 Å². The van der Waals surface area contributed by atoms with Crippen LogP contribution in [0.15, 0.2) is 42.6 Å². The van der Waals surface area contributed by atoms with Gasteiger partial charge in [0.05, 0.1) is 14.2 Å². The molecule has 0 spiro atoms. The molecule has 7 nitrogen and oxygen atoms in total. The van der Waals surface area contributed by atoms with E-state index in [1.54, 1.807) is 14.2 Å². The molecule has 0 aliphatic carbocycles. The number of likely N-dealkylation sites (tertiary alicyclic amines) is 1. The number of piperidine rings is 1. The van der Waals surface area contributed by atoms with Gasteiger partial charge in [0.2, 0.25) is 5.91 Å². The van der Waals surface area contributed by atoms with Gasteiger partial charge in [-0.05, 0) is 49.1 Å². The minimum Gasteiger partial charge on any atom is -0.493 e. The Bertz CT molecular complexity index is 1000. The van der Waals surface area contributed by atoms with Crippen LogP contribution < -0.4 is 9.47 Å². The Hall–Kier alpha value is -3.09. The second kappa shape index (κ2) is 8.51. The molecule has 0 radical (unpaired) electrons. The Morgan fingerprint density at radius 1 is 1.14 bits per heavy atom. The molecule has 0 saturated carbocycles. The number of carbonyl (C=O) groups excluding carboxylic acids is 1. The average Bonchev–Trinajstić information content (AvgIpc) is 3.21. The maximum atomic E-state index is 12.9. The number of amides is 1. The van der Waals surface area contributed by atoms with Crippen LogP contribution in [0.25, 0.3) is 5.65 Å². The van der Waals surface area contributed by atoms with Crippen LogP contribution in [-0.4, -0.2) is 52.7 Å². The van der Waals surface area contributed by atoms with Crippen molar-refractivity contribution in [3.8, 4) is 11.5 Å². The first kappa shape index (κ1) is 19.2. The first-order valence-electron chi connectivity index (χ1n) is 9.98. The van der Waals surface area contributed by atoms with Crippen molar-refractivity contribution in [1.82, 2.24) is 19.5 Å². The number of benzene rings is 1. The smallest absolute Gasteiger partial charge is 0.222 e. The van der Waals surface area contributed by atoms with Crippen LogP contribution >= 0.6 is 0 Å². The van der Waals surface area contributed by atoms with E-state index in [1.807, 2.05) is 51.9 Å². The summed E-state index contributed by atoms with van der Waals surface area (Å²) in [5.41, 5.74) is 1.91. The first-order valence-corrected chi connectivity index (χ1v) is 9.98. The fraction of sp³-hybridized carbons (Fsp3) is 0.409. The summed E-state index contributed by atoms with van der Waals surface area (Å²) in [6.45, 7) is 1.50. The molecule has 1 aliphatic rings. The van der Waals surface area contributed by atoms with E-state index in [4.69, 9.17) is 9.47 Å². The molecule has 29 heavy (non-hydrogen) atoms. The summed E-state index contributed by atoms with van der Waals surface area (Å²) in [6.07, 6.45) is 5.14. The van der Waals surface area contributed by atoms with Gasteiger partial charge in [-0.3, -0.25) is 9.20 Å². The number of rotatable bonds is 6. The number of nitrogens with zero attached hydrogens (tertiary/aromatic N) is 4. The molecule has 0 bridgehead atoms. The highest BCUT2D eigenvalue weighted by Crippen LogP contribution is 2.29. The number of hydrogen-bond acceptors (Lipinski definition) is 5. The van der Waals surface area contributed by atoms with Gasteiger partial charge in [-0.2, -0.15) is 0 Å². The number of fused-ring (bicyclic) bond motifs is 1. The molecular formula is C22H26N4O3. The molecular weight excluding hydrogens is 368 g/mol. The molecule has 0 unspecified atom stereocenters. The van der Waals surface area contributed by atoms with E-state index >= 15 is 0 Å². The van der Waals surface area contributed by atoms with Gasteiger partial charge in [-0.25, -0.2) is 0 Å². The molecule has 3 aromatic rings. The zero-order valence-corrected chi connectivity index (χ0v) is 16.9. The topological polar surface area (TPSA) is 69.0 Å². The Balaban J connectivity index is 1.40. The molecule has 0 N–H and O–H groups in total. The minimum atomic E-state index is 0.179. The lowest BCUT2D eigenvalue weighted by Gasteiger charge is -2.32. The summed E-state index contributed by atoms with van der Waals surface area (Å²) in [5.74, 6) is 2.72. The van der Waals surface area contributed by atoms with Crippen LogP contribution in [0.3, 0.4) is 0 Å². The van der Waals surface area contributed by atoms with Gasteiger partial charge in [-0.1, -0.05) is 12.1 Å². The van der Waals surface area contributed by atoms with E-state index in [1.165, 1.54) is 0 Å². The van der Waals surface area contributed by atoms with Crippen molar-refractivity contribution < 1.29 is 14.3 Å². The van der Waals surface area contributed by atoms with Gasteiger partial charge in [0.25, 0.3) is 0 Å². The Morgan fingerprint density at radius 2 is 2.00 bits per heavy atom. The third kappa shape index (κ3) is 4.04. The lowest BCUT2D eigenvalue weighted by atomic mass is 9.96. The maximum absolute atomic E-state index is 12.9. The number of ether oxygens (including phenoxy) is 2. The molecule has 1 saturated heterocycles. The van der Waals surface area contributed by atoms with Gasteiger partial charge < -0.3 is 14.4 Å².